The van der Waals surface area contributed by atoms with Crippen molar-refractivity contribution in [3.63, 3.8) is 0 Å². The molecule has 0 aliphatic carbocycles. The molecule has 1 aliphatic heterocycles. The van der Waals surface area contributed by atoms with E-state index in [-0.39, 0.29) is 0 Å². The van der Waals surface area contributed by atoms with Crippen molar-refractivity contribution in [1.82, 2.24) is 20.1 Å². The molecule has 2 rings (SSSR count). The van der Waals surface area contributed by atoms with Crippen molar-refractivity contribution in [1.29, 1.82) is 0 Å². The lowest BCUT2D eigenvalue weighted by Gasteiger charge is -2.35. The smallest absolute Gasteiger partial charge is 0.0649 e. The van der Waals surface area contributed by atoms with Gasteiger partial charge in [-0.05, 0) is 25.2 Å². The molecule has 1 aromatic rings. The van der Waals surface area contributed by atoms with Crippen LogP contribution in [0.1, 0.15) is 25.6 Å². The van der Waals surface area contributed by atoms with Gasteiger partial charge >= 0.3 is 0 Å². The summed E-state index contributed by atoms with van der Waals surface area (Å²) in [6.07, 6.45) is 1.91. The summed E-state index contributed by atoms with van der Waals surface area (Å²) >= 11 is 0. The zero-order valence-electron chi connectivity index (χ0n) is 12.2. The van der Waals surface area contributed by atoms with Gasteiger partial charge in [-0.25, -0.2) is 0 Å². The lowest BCUT2D eigenvalue weighted by molar-refractivity contribution is 0.136. The van der Waals surface area contributed by atoms with Crippen LogP contribution in [-0.2, 0) is 0 Å². The Morgan fingerprint density at radius 3 is 2.58 bits per heavy atom. The molecule has 0 bridgehead atoms. The molecule has 19 heavy (non-hydrogen) atoms. The Balaban J connectivity index is 2.09. The molecule has 1 aliphatic rings. The molecule has 1 N–H and O–H groups in total. The highest BCUT2D eigenvalue weighted by Crippen LogP contribution is 2.19. The third kappa shape index (κ3) is 4.00. The summed E-state index contributed by atoms with van der Waals surface area (Å²) in [7, 11) is 0. The highest BCUT2D eigenvalue weighted by molar-refractivity contribution is 5.09. The quantitative estimate of drug-likeness (QED) is 0.839. The standard InChI is InChI=1S/C15H26N4/c1-3-19(4-2)15(14-7-5-6-8-17-14)13-18-11-9-16-10-12-18/h5-8,15-16H,3-4,9-13H2,1-2H3. The van der Waals surface area contributed by atoms with Crippen molar-refractivity contribution in [3.05, 3.63) is 30.1 Å². The normalized spacial score (nSPS) is 18.7. The molecule has 1 aromatic heterocycles. The van der Waals surface area contributed by atoms with Crippen LogP contribution in [0.4, 0.5) is 0 Å². The van der Waals surface area contributed by atoms with Gasteiger partial charge in [0.15, 0.2) is 0 Å². The molecular formula is C15H26N4. The molecule has 2 heterocycles. The first kappa shape index (κ1) is 14.4. The summed E-state index contributed by atoms with van der Waals surface area (Å²) in [5.74, 6) is 0. The molecule has 0 saturated carbocycles. The minimum atomic E-state index is 0.411. The predicted molar refractivity (Wildman–Crippen MR) is 79.2 cm³/mol. The van der Waals surface area contributed by atoms with Gasteiger partial charge in [-0.3, -0.25) is 14.8 Å². The molecule has 4 nitrogen and oxygen atoms in total. The van der Waals surface area contributed by atoms with E-state index in [1.54, 1.807) is 0 Å². The Morgan fingerprint density at radius 2 is 2.00 bits per heavy atom. The molecule has 1 unspecified atom stereocenters. The van der Waals surface area contributed by atoms with Gasteiger partial charge in [0.2, 0.25) is 0 Å². The van der Waals surface area contributed by atoms with E-state index in [1.165, 1.54) is 5.69 Å². The first-order valence-electron chi connectivity index (χ1n) is 7.43. The summed E-state index contributed by atoms with van der Waals surface area (Å²) in [4.78, 5) is 9.63. The van der Waals surface area contributed by atoms with Crippen LogP contribution in [0.25, 0.3) is 0 Å². The van der Waals surface area contributed by atoms with Gasteiger partial charge in [0.25, 0.3) is 0 Å². The van der Waals surface area contributed by atoms with E-state index < -0.39 is 0 Å². The fourth-order valence-electron chi connectivity index (χ4n) is 2.77. The summed E-state index contributed by atoms with van der Waals surface area (Å²) in [6.45, 7) is 12.2. The Hall–Kier alpha value is -0.970. The van der Waals surface area contributed by atoms with E-state index >= 15 is 0 Å². The van der Waals surface area contributed by atoms with Crippen molar-refractivity contribution >= 4 is 0 Å². The highest BCUT2D eigenvalue weighted by Gasteiger charge is 2.22. The van der Waals surface area contributed by atoms with E-state index in [0.717, 1.165) is 45.8 Å². The van der Waals surface area contributed by atoms with Gasteiger partial charge in [0.1, 0.15) is 0 Å². The number of aromatic nitrogens is 1. The van der Waals surface area contributed by atoms with E-state index in [9.17, 15) is 0 Å². The van der Waals surface area contributed by atoms with Crippen LogP contribution in [0.3, 0.4) is 0 Å². The number of hydrogen-bond acceptors (Lipinski definition) is 4. The predicted octanol–water partition coefficient (Wildman–Crippen LogP) is 1.37. The molecule has 1 fully saturated rings. The number of pyridine rings is 1. The Kier molecular flexibility index (Phi) is 5.76. The van der Waals surface area contributed by atoms with Crippen molar-refractivity contribution in [2.45, 2.75) is 19.9 Å². The topological polar surface area (TPSA) is 31.4 Å². The Morgan fingerprint density at radius 1 is 1.26 bits per heavy atom. The maximum Gasteiger partial charge on any atom is 0.0649 e. The van der Waals surface area contributed by atoms with Crippen molar-refractivity contribution in [2.24, 2.45) is 0 Å². The Labute approximate surface area is 116 Å². The first-order valence-corrected chi connectivity index (χ1v) is 7.43. The molecule has 1 atom stereocenters. The number of hydrogen-bond donors (Lipinski definition) is 1. The van der Waals surface area contributed by atoms with E-state index in [2.05, 4.69) is 46.1 Å². The van der Waals surface area contributed by atoms with Crippen molar-refractivity contribution in [2.75, 3.05) is 45.8 Å². The monoisotopic (exact) mass is 262 g/mol. The second-order valence-electron chi connectivity index (χ2n) is 5.04. The van der Waals surface area contributed by atoms with Crippen LogP contribution in [-0.4, -0.2) is 60.6 Å². The van der Waals surface area contributed by atoms with E-state index in [4.69, 9.17) is 0 Å². The number of likely N-dealkylation sites (N-methyl/N-ethyl adjacent to an activating group) is 1. The SMILES string of the molecule is CCN(CC)C(CN1CCNCC1)c1ccccn1. The fourth-order valence-corrected chi connectivity index (χ4v) is 2.77. The van der Waals surface area contributed by atoms with Gasteiger partial charge in [0, 0.05) is 38.9 Å². The maximum absolute atomic E-state index is 4.58. The zero-order chi connectivity index (χ0) is 13.5. The minimum absolute atomic E-state index is 0.411. The van der Waals surface area contributed by atoms with Gasteiger partial charge < -0.3 is 5.32 Å². The lowest BCUT2D eigenvalue weighted by atomic mass is 10.1. The minimum Gasteiger partial charge on any atom is -0.314 e. The molecule has 0 aromatic carbocycles. The van der Waals surface area contributed by atoms with Gasteiger partial charge in [-0.1, -0.05) is 19.9 Å². The number of nitrogens with one attached hydrogen (secondary N) is 1. The fraction of sp³-hybridized carbons (Fsp3) is 0.667. The van der Waals surface area contributed by atoms with Gasteiger partial charge in [-0.15, -0.1) is 0 Å². The second kappa shape index (κ2) is 7.58. The number of piperazine rings is 1. The average Bonchev–Trinajstić information content (AvgIpc) is 2.49. The number of nitrogens with zero attached hydrogens (tertiary/aromatic N) is 3. The average molecular weight is 262 g/mol. The van der Waals surface area contributed by atoms with Gasteiger partial charge in [0.05, 0.1) is 11.7 Å². The highest BCUT2D eigenvalue weighted by atomic mass is 15.2. The van der Waals surface area contributed by atoms with Crippen LogP contribution in [0.15, 0.2) is 24.4 Å². The van der Waals surface area contributed by atoms with Crippen molar-refractivity contribution in [3.8, 4) is 0 Å². The molecule has 4 heteroatoms. The third-order valence-electron chi connectivity index (χ3n) is 3.92. The molecular weight excluding hydrogens is 236 g/mol. The lowest BCUT2D eigenvalue weighted by Crippen LogP contribution is -2.47. The summed E-state index contributed by atoms with van der Waals surface area (Å²) in [6, 6.07) is 6.66. The van der Waals surface area contributed by atoms with E-state index in [1.807, 2.05) is 12.3 Å². The molecule has 0 spiro atoms. The number of rotatable bonds is 6. The first-order chi connectivity index (χ1) is 9.35. The van der Waals surface area contributed by atoms with Crippen LogP contribution >= 0.6 is 0 Å². The van der Waals surface area contributed by atoms with E-state index in [0.29, 0.717) is 6.04 Å². The van der Waals surface area contributed by atoms with Gasteiger partial charge in [-0.2, -0.15) is 0 Å². The van der Waals surface area contributed by atoms with Crippen LogP contribution < -0.4 is 5.32 Å². The molecule has 0 radical (unpaired) electrons. The molecule has 106 valence electrons. The maximum atomic E-state index is 4.58. The Bertz CT molecular complexity index is 344. The third-order valence-corrected chi connectivity index (χ3v) is 3.92. The molecule has 0 amide bonds. The van der Waals surface area contributed by atoms with Crippen LogP contribution in [0.2, 0.25) is 0 Å². The molecule has 1 saturated heterocycles. The second-order valence-corrected chi connectivity index (χ2v) is 5.04. The zero-order valence-corrected chi connectivity index (χ0v) is 12.2. The largest absolute Gasteiger partial charge is 0.314 e. The summed E-state index contributed by atoms with van der Waals surface area (Å²) < 4.78 is 0. The van der Waals surface area contributed by atoms with Crippen molar-refractivity contribution < 1.29 is 0 Å². The van der Waals surface area contributed by atoms with Crippen LogP contribution in [0, 0.1) is 0 Å². The summed E-state index contributed by atoms with van der Waals surface area (Å²) in [5.41, 5.74) is 1.20. The van der Waals surface area contributed by atoms with Crippen LogP contribution in [0.5, 0.6) is 0 Å². The summed E-state index contributed by atoms with van der Waals surface area (Å²) in [5, 5.41) is 3.41.